The Morgan fingerprint density at radius 3 is 1.43 bits per heavy atom. The summed E-state index contributed by atoms with van der Waals surface area (Å²) in [7, 11) is 0. The summed E-state index contributed by atoms with van der Waals surface area (Å²) in [6.07, 6.45) is -8.62. The molecule has 12 aromatic rings. The summed E-state index contributed by atoms with van der Waals surface area (Å²) in [5, 5.41) is 6.56. The molecular formula is C49H25F6N3O2. The molecule has 12 rings (SSSR count). The first kappa shape index (κ1) is 34.5. The number of alkyl halides is 6. The standard InChI is InChI=1S/C49H25F6N3O2/c50-48(51,52)27-21-26(22-28(23-27)49(53,54)55)35-24-43(58-37-14-6-2-10-30(37)32-18-20-42-45(47(32)58)34-12-4-8-16-40(34)60-42)56-25-38(35)57-36-13-5-1-9-29(36)31-17-19-41-44(46(31)57)33-11-3-7-15-39(33)59-41/h1-25H. The molecule has 7 aromatic carbocycles. The van der Waals surface area contributed by atoms with E-state index < -0.39 is 23.5 Å². The summed E-state index contributed by atoms with van der Waals surface area (Å²) < 4.78 is 104. The van der Waals surface area contributed by atoms with Crippen LogP contribution in [0.3, 0.4) is 0 Å². The molecule has 0 aliphatic rings. The molecule has 5 nitrogen and oxygen atoms in total. The van der Waals surface area contributed by atoms with Gasteiger partial charge in [0.15, 0.2) is 0 Å². The minimum absolute atomic E-state index is 0.0965. The Balaban J connectivity index is 1.26. The third-order valence-electron chi connectivity index (χ3n) is 11.6. The molecular weight excluding hydrogens is 777 g/mol. The summed E-state index contributed by atoms with van der Waals surface area (Å²) in [5.74, 6) is 0.281. The van der Waals surface area contributed by atoms with Crippen molar-refractivity contribution in [3.8, 4) is 22.6 Å². The molecule has 60 heavy (non-hydrogen) atoms. The Labute approximate surface area is 333 Å². The van der Waals surface area contributed by atoms with Gasteiger partial charge in [0.2, 0.25) is 0 Å². The zero-order chi connectivity index (χ0) is 40.7. The predicted molar refractivity (Wildman–Crippen MR) is 223 cm³/mol. The van der Waals surface area contributed by atoms with Crippen molar-refractivity contribution in [1.29, 1.82) is 0 Å². The number of benzene rings is 7. The number of rotatable bonds is 3. The summed E-state index contributed by atoms with van der Waals surface area (Å²) in [6.45, 7) is 0. The van der Waals surface area contributed by atoms with E-state index in [1.54, 1.807) is 12.3 Å². The molecule has 0 amide bonds. The highest BCUT2D eigenvalue weighted by molar-refractivity contribution is 6.26. The fourth-order valence-corrected chi connectivity index (χ4v) is 9.10. The van der Waals surface area contributed by atoms with Crippen molar-refractivity contribution in [2.75, 3.05) is 0 Å². The van der Waals surface area contributed by atoms with Gasteiger partial charge in [0.25, 0.3) is 0 Å². The maximum atomic E-state index is 14.6. The average molecular weight is 802 g/mol. The third-order valence-corrected chi connectivity index (χ3v) is 11.6. The van der Waals surface area contributed by atoms with Gasteiger partial charge in [-0.15, -0.1) is 0 Å². The number of furan rings is 2. The lowest BCUT2D eigenvalue weighted by molar-refractivity contribution is -0.143. The predicted octanol–water partition coefficient (Wildman–Crippen LogP) is 14.8. The number of hydrogen-bond donors (Lipinski definition) is 0. The number of nitrogens with zero attached hydrogens (tertiary/aromatic N) is 3. The quantitative estimate of drug-likeness (QED) is 0.167. The Hall–Kier alpha value is -7.53. The summed E-state index contributed by atoms with van der Waals surface area (Å²) in [4.78, 5) is 5.06. The lowest BCUT2D eigenvalue weighted by atomic mass is 9.98. The van der Waals surface area contributed by atoms with E-state index in [0.29, 0.717) is 33.4 Å². The molecule has 5 heterocycles. The Morgan fingerprint density at radius 1 is 0.433 bits per heavy atom. The SMILES string of the molecule is FC(F)(F)c1cc(-c2cc(-n3c4ccccc4c4ccc5oc6ccccc6c5c43)ncc2-n2c3ccccc3c3ccc4oc5ccccc5c4c32)cc(C(F)(F)F)c1. The van der Waals surface area contributed by atoms with Crippen LogP contribution >= 0.6 is 0 Å². The minimum Gasteiger partial charge on any atom is -0.456 e. The molecule has 0 spiro atoms. The Bertz CT molecular complexity index is 3740. The largest absolute Gasteiger partial charge is 0.456 e. The van der Waals surface area contributed by atoms with Gasteiger partial charge in [0, 0.05) is 37.9 Å². The molecule has 0 radical (unpaired) electrons. The van der Waals surface area contributed by atoms with E-state index >= 15 is 0 Å². The molecule has 0 saturated heterocycles. The fraction of sp³-hybridized carbons (Fsp3) is 0.0408. The third kappa shape index (κ3) is 4.86. The molecule has 0 atom stereocenters. The van der Waals surface area contributed by atoms with Gasteiger partial charge in [-0.25, -0.2) is 4.98 Å². The van der Waals surface area contributed by atoms with Crippen LogP contribution in [0.5, 0.6) is 0 Å². The highest BCUT2D eigenvalue weighted by atomic mass is 19.4. The molecule has 0 saturated carbocycles. The van der Waals surface area contributed by atoms with E-state index in [2.05, 4.69) is 0 Å². The number of hydrogen-bond acceptors (Lipinski definition) is 3. The number of aromatic nitrogens is 3. The number of para-hydroxylation sites is 4. The van der Waals surface area contributed by atoms with Gasteiger partial charge in [-0.2, -0.15) is 26.3 Å². The Kier molecular flexibility index (Phi) is 6.91. The van der Waals surface area contributed by atoms with Crippen LogP contribution < -0.4 is 0 Å². The first-order valence-electron chi connectivity index (χ1n) is 19.0. The van der Waals surface area contributed by atoms with Crippen molar-refractivity contribution in [2.45, 2.75) is 12.4 Å². The number of fused-ring (bicyclic) bond motifs is 14. The summed E-state index contributed by atoms with van der Waals surface area (Å²) >= 11 is 0. The monoisotopic (exact) mass is 801 g/mol. The van der Waals surface area contributed by atoms with Crippen molar-refractivity contribution in [3.05, 3.63) is 163 Å². The van der Waals surface area contributed by atoms with Gasteiger partial charge in [-0.3, -0.25) is 4.57 Å². The van der Waals surface area contributed by atoms with Crippen molar-refractivity contribution in [2.24, 2.45) is 0 Å². The topological polar surface area (TPSA) is 49.0 Å². The summed E-state index contributed by atoms with van der Waals surface area (Å²) in [5.41, 5.74) is 2.51. The molecule has 5 aromatic heterocycles. The van der Waals surface area contributed by atoms with Crippen LogP contribution in [0.1, 0.15) is 11.1 Å². The normalized spacial score (nSPS) is 12.8. The van der Waals surface area contributed by atoms with Gasteiger partial charge in [0.05, 0.1) is 55.9 Å². The number of halogens is 6. The molecule has 0 aliphatic carbocycles. The van der Waals surface area contributed by atoms with Crippen molar-refractivity contribution in [1.82, 2.24) is 14.1 Å². The maximum Gasteiger partial charge on any atom is 0.416 e. The Morgan fingerprint density at radius 2 is 0.900 bits per heavy atom. The van der Waals surface area contributed by atoms with E-state index in [9.17, 15) is 26.3 Å². The lowest BCUT2D eigenvalue weighted by Gasteiger charge is -2.19. The van der Waals surface area contributed by atoms with Crippen LogP contribution in [0.4, 0.5) is 26.3 Å². The second-order valence-electron chi connectivity index (χ2n) is 14.9. The highest BCUT2D eigenvalue weighted by Crippen LogP contribution is 2.46. The van der Waals surface area contributed by atoms with Crippen LogP contribution in [-0.4, -0.2) is 14.1 Å². The summed E-state index contributed by atoms with van der Waals surface area (Å²) in [6, 6.07) is 41.3. The molecule has 290 valence electrons. The van der Waals surface area contributed by atoms with Crippen LogP contribution in [0, 0.1) is 0 Å². The van der Waals surface area contributed by atoms with Gasteiger partial charge in [0.1, 0.15) is 28.1 Å². The second kappa shape index (κ2) is 12.0. The molecule has 0 unspecified atom stereocenters. The smallest absolute Gasteiger partial charge is 0.416 e. The van der Waals surface area contributed by atoms with Crippen molar-refractivity contribution in [3.63, 3.8) is 0 Å². The first-order valence-corrected chi connectivity index (χ1v) is 19.0. The van der Waals surface area contributed by atoms with E-state index in [-0.39, 0.29) is 28.7 Å². The van der Waals surface area contributed by atoms with Crippen molar-refractivity contribution < 1.29 is 35.2 Å². The molecule has 11 heteroatoms. The lowest BCUT2D eigenvalue weighted by Crippen LogP contribution is -2.11. The van der Waals surface area contributed by atoms with Crippen molar-refractivity contribution >= 4 is 87.5 Å². The van der Waals surface area contributed by atoms with Gasteiger partial charge in [-0.1, -0.05) is 72.8 Å². The second-order valence-corrected chi connectivity index (χ2v) is 14.9. The average Bonchev–Trinajstić information content (AvgIpc) is 4.00. The van der Waals surface area contributed by atoms with Crippen LogP contribution in [0.15, 0.2) is 161 Å². The fourth-order valence-electron chi connectivity index (χ4n) is 9.10. The van der Waals surface area contributed by atoms with Gasteiger partial charge >= 0.3 is 12.4 Å². The zero-order valence-corrected chi connectivity index (χ0v) is 30.9. The highest BCUT2D eigenvalue weighted by Gasteiger charge is 2.37. The van der Waals surface area contributed by atoms with Gasteiger partial charge < -0.3 is 13.4 Å². The molecule has 0 bridgehead atoms. The van der Waals surface area contributed by atoms with Crippen LogP contribution in [0.25, 0.3) is 110 Å². The van der Waals surface area contributed by atoms with E-state index in [1.807, 2.05) is 130 Å². The first-order chi connectivity index (χ1) is 29.0. The van der Waals surface area contributed by atoms with E-state index in [4.69, 9.17) is 13.8 Å². The van der Waals surface area contributed by atoms with E-state index in [1.165, 1.54) is 0 Å². The molecule has 0 N–H and O–H groups in total. The van der Waals surface area contributed by atoms with E-state index in [0.717, 1.165) is 66.3 Å². The maximum absolute atomic E-state index is 14.6. The number of pyridine rings is 1. The van der Waals surface area contributed by atoms with Gasteiger partial charge in [-0.05, 0) is 78.4 Å². The van der Waals surface area contributed by atoms with Crippen LogP contribution in [0.2, 0.25) is 0 Å². The zero-order valence-electron chi connectivity index (χ0n) is 30.9. The molecule has 0 fully saturated rings. The van der Waals surface area contributed by atoms with Crippen LogP contribution in [-0.2, 0) is 12.4 Å². The molecule has 0 aliphatic heterocycles. The minimum atomic E-state index is -5.08.